The largest absolute Gasteiger partial charge is 0.340 e. The Kier molecular flexibility index (Phi) is 3.43. The van der Waals surface area contributed by atoms with Gasteiger partial charge in [0, 0.05) is 32.1 Å². The van der Waals surface area contributed by atoms with Gasteiger partial charge in [-0.15, -0.1) is 0 Å². The first-order chi connectivity index (χ1) is 8.09. The van der Waals surface area contributed by atoms with E-state index in [1.54, 1.807) is 24.0 Å². The van der Waals surface area contributed by atoms with Gasteiger partial charge in [-0.3, -0.25) is 9.69 Å². The van der Waals surface area contributed by atoms with E-state index in [0.29, 0.717) is 12.1 Å². The van der Waals surface area contributed by atoms with Crippen LogP contribution < -0.4 is 0 Å². The van der Waals surface area contributed by atoms with Crippen molar-refractivity contribution in [1.29, 1.82) is 0 Å². The lowest BCUT2D eigenvalue weighted by Crippen LogP contribution is -2.48. The summed E-state index contributed by atoms with van der Waals surface area (Å²) < 4.78 is 13.7. The summed E-state index contributed by atoms with van der Waals surface area (Å²) in [7, 11) is 1.97. The van der Waals surface area contributed by atoms with E-state index < -0.39 is 0 Å². The van der Waals surface area contributed by atoms with Crippen molar-refractivity contribution in [2.45, 2.75) is 13.0 Å². The van der Waals surface area contributed by atoms with Gasteiger partial charge in [-0.05, 0) is 13.1 Å². The predicted octanol–water partition coefficient (Wildman–Crippen LogP) is 1.66. The summed E-state index contributed by atoms with van der Waals surface area (Å²) in [5, 5.41) is 0. The van der Waals surface area contributed by atoms with E-state index in [2.05, 4.69) is 4.90 Å². The lowest BCUT2D eigenvalue weighted by Gasteiger charge is -2.39. The van der Waals surface area contributed by atoms with Gasteiger partial charge in [0.15, 0.2) is 0 Å². The number of hydrogen-bond donors (Lipinski definition) is 0. The number of amides is 1. The Hall–Kier alpha value is -1.42. The van der Waals surface area contributed by atoms with E-state index in [-0.39, 0.29) is 17.8 Å². The lowest BCUT2D eigenvalue weighted by atomic mass is 10.0. The zero-order chi connectivity index (χ0) is 12.4. The van der Waals surface area contributed by atoms with Gasteiger partial charge < -0.3 is 4.90 Å². The van der Waals surface area contributed by atoms with Crippen molar-refractivity contribution in [3.8, 4) is 0 Å². The van der Waals surface area contributed by atoms with Crippen LogP contribution in [0, 0.1) is 5.82 Å². The standard InChI is InChI=1S/C13H17FN2O/c1-10(17)16-8-7-15(2)13(9-16)11-5-3-4-6-12(11)14/h3-6,13H,7-9H2,1-2H3. The summed E-state index contributed by atoms with van der Waals surface area (Å²) in [5.74, 6) is -0.144. The van der Waals surface area contributed by atoms with E-state index in [9.17, 15) is 9.18 Å². The molecule has 0 aliphatic carbocycles. The summed E-state index contributed by atoms with van der Waals surface area (Å²) >= 11 is 0. The molecule has 0 saturated carbocycles. The second kappa shape index (κ2) is 4.84. The molecule has 3 nitrogen and oxygen atoms in total. The maximum atomic E-state index is 13.7. The van der Waals surface area contributed by atoms with E-state index in [4.69, 9.17) is 0 Å². The Bertz CT molecular complexity index is 422. The zero-order valence-electron chi connectivity index (χ0n) is 10.2. The van der Waals surface area contributed by atoms with Crippen LogP contribution in [0.25, 0.3) is 0 Å². The molecule has 1 aliphatic heterocycles. The molecule has 0 aromatic heterocycles. The molecule has 1 unspecified atom stereocenters. The number of piperazine rings is 1. The third-order valence-corrected chi connectivity index (χ3v) is 3.36. The van der Waals surface area contributed by atoms with Crippen molar-refractivity contribution in [3.05, 3.63) is 35.6 Å². The van der Waals surface area contributed by atoms with Crippen molar-refractivity contribution in [3.63, 3.8) is 0 Å². The predicted molar refractivity (Wildman–Crippen MR) is 64.0 cm³/mol. The number of carbonyl (C=O) groups excluding carboxylic acids is 1. The fourth-order valence-corrected chi connectivity index (χ4v) is 2.24. The molecule has 1 saturated heterocycles. The molecular formula is C13H17FN2O. The Balaban J connectivity index is 2.24. The molecule has 1 aromatic carbocycles. The van der Waals surface area contributed by atoms with Gasteiger partial charge in [0.05, 0.1) is 6.04 Å². The first-order valence-corrected chi connectivity index (χ1v) is 5.80. The fraction of sp³-hybridized carbons (Fsp3) is 0.462. The summed E-state index contributed by atoms with van der Waals surface area (Å²) in [5.41, 5.74) is 0.668. The van der Waals surface area contributed by atoms with Gasteiger partial charge in [-0.1, -0.05) is 18.2 Å². The summed E-state index contributed by atoms with van der Waals surface area (Å²) in [6.45, 7) is 3.62. The summed E-state index contributed by atoms with van der Waals surface area (Å²) in [6.07, 6.45) is 0. The number of carbonyl (C=O) groups is 1. The van der Waals surface area contributed by atoms with Crippen molar-refractivity contribution >= 4 is 5.91 Å². The fourth-order valence-electron chi connectivity index (χ4n) is 2.24. The van der Waals surface area contributed by atoms with Crippen LogP contribution >= 0.6 is 0 Å². The molecule has 0 spiro atoms. The third-order valence-electron chi connectivity index (χ3n) is 3.36. The minimum atomic E-state index is -0.199. The number of benzene rings is 1. The van der Waals surface area contributed by atoms with Crippen LogP contribution in [0.5, 0.6) is 0 Å². The Labute approximate surface area is 101 Å². The van der Waals surface area contributed by atoms with Gasteiger partial charge in [-0.2, -0.15) is 0 Å². The molecule has 2 rings (SSSR count). The minimum absolute atomic E-state index is 0.0474. The average molecular weight is 236 g/mol. The van der Waals surface area contributed by atoms with Crippen molar-refractivity contribution < 1.29 is 9.18 Å². The molecule has 1 amide bonds. The normalized spacial score (nSPS) is 21.6. The summed E-state index contributed by atoms with van der Waals surface area (Å²) in [6, 6.07) is 6.73. The van der Waals surface area contributed by atoms with Gasteiger partial charge in [0.25, 0.3) is 0 Å². The Morgan fingerprint density at radius 2 is 2.06 bits per heavy atom. The van der Waals surface area contributed by atoms with E-state index >= 15 is 0 Å². The molecule has 1 aromatic rings. The molecule has 1 heterocycles. The molecule has 17 heavy (non-hydrogen) atoms. The second-order valence-corrected chi connectivity index (χ2v) is 4.48. The lowest BCUT2D eigenvalue weighted by molar-refractivity contribution is -0.131. The topological polar surface area (TPSA) is 23.6 Å². The molecule has 1 fully saturated rings. The zero-order valence-corrected chi connectivity index (χ0v) is 10.2. The number of nitrogens with zero attached hydrogens (tertiary/aromatic N) is 2. The maximum absolute atomic E-state index is 13.7. The Morgan fingerprint density at radius 1 is 1.35 bits per heavy atom. The highest BCUT2D eigenvalue weighted by atomic mass is 19.1. The molecule has 0 radical (unpaired) electrons. The quantitative estimate of drug-likeness (QED) is 0.740. The third kappa shape index (κ3) is 2.47. The number of rotatable bonds is 1. The Morgan fingerprint density at radius 3 is 2.71 bits per heavy atom. The van der Waals surface area contributed by atoms with Crippen LogP contribution in [-0.4, -0.2) is 42.4 Å². The minimum Gasteiger partial charge on any atom is -0.340 e. The molecule has 1 atom stereocenters. The van der Waals surface area contributed by atoms with Crippen molar-refractivity contribution in [2.24, 2.45) is 0 Å². The van der Waals surface area contributed by atoms with Gasteiger partial charge >= 0.3 is 0 Å². The van der Waals surface area contributed by atoms with E-state index in [0.717, 1.165) is 13.1 Å². The highest BCUT2D eigenvalue weighted by Gasteiger charge is 2.28. The molecular weight excluding hydrogens is 219 g/mol. The first kappa shape index (κ1) is 12.0. The van der Waals surface area contributed by atoms with Crippen LogP contribution in [0.15, 0.2) is 24.3 Å². The van der Waals surface area contributed by atoms with Crippen LogP contribution in [0.2, 0.25) is 0 Å². The second-order valence-electron chi connectivity index (χ2n) is 4.48. The van der Waals surface area contributed by atoms with Crippen LogP contribution in [-0.2, 0) is 4.79 Å². The summed E-state index contributed by atoms with van der Waals surface area (Å²) in [4.78, 5) is 15.3. The highest BCUT2D eigenvalue weighted by Crippen LogP contribution is 2.25. The smallest absolute Gasteiger partial charge is 0.219 e. The number of halogens is 1. The van der Waals surface area contributed by atoms with Gasteiger partial charge in [0.2, 0.25) is 5.91 Å². The number of likely N-dealkylation sites (N-methyl/N-ethyl adjacent to an activating group) is 1. The van der Waals surface area contributed by atoms with Crippen molar-refractivity contribution in [1.82, 2.24) is 9.80 Å². The molecule has 1 aliphatic rings. The van der Waals surface area contributed by atoms with E-state index in [1.807, 2.05) is 13.1 Å². The maximum Gasteiger partial charge on any atom is 0.219 e. The number of hydrogen-bond acceptors (Lipinski definition) is 2. The molecule has 0 N–H and O–H groups in total. The van der Waals surface area contributed by atoms with Crippen molar-refractivity contribution in [2.75, 3.05) is 26.7 Å². The van der Waals surface area contributed by atoms with Crippen LogP contribution in [0.3, 0.4) is 0 Å². The van der Waals surface area contributed by atoms with Gasteiger partial charge in [-0.25, -0.2) is 4.39 Å². The van der Waals surface area contributed by atoms with Crippen LogP contribution in [0.4, 0.5) is 4.39 Å². The average Bonchev–Trinajstić information content (AvgIpc) is 2.30. The first-order valence-electron chi connectivity index (χ1n) is 5.80. The highest BCUT2D eigenvalue weighted by molar-refractivity contribution is 5.73. The SMILES string of the molecule is CC(=O)N1CCN(C)C(c2ccccc2F)C1. The molecule has 4 heteroatoms. The van der Waals surface area contributed by atoms with Gasteiger partial charge in [0.1, 0.15) is 5.82 Å². The monoisotopic (exact) mass is 236 g/mol. The molecule has 92 valence electrons. The van der Waals surface area contributed by atoms with E-state index in [1.165, 1.54) is 6.07 Å². The van der Waals surface area contributed by atoms with Crippen LogP contribution in [0.1, 0.15) is 18.5 Å². The molecule has 0 bridgehead atoms.